The lowest BCUT2D eigenvalue weighted by Crippen LogP contribution is -2.37. The van der Waals surface area contributed by atoms with Crippen LogP contribution >= 0.6 is 11.3 Å². The van der Waals surface area contributed by atoms with E-state index in [0.717, 1.165) is 11.3 Å². The number of hydrogen-bond donors (Lipinski definition) is 0. The summed E-state index contributed by atoms with van der Waals surface area (Å²) in [6.45, 7) is 4.75. The summed E-state index contributed by atoms with van der Waals surface area (Å²) in [7, 11) is 1.78. The molecule has 0 aliphatic carbocycles. The lowest BCUT2D eigenvalue weighted by molar-refractivity contribution is -0.127. The van der Waals surface area contributed by atoms with Crippen LogP contribution < -0.4 is 0 Å². The van der Waals surface area contributed by atoms with Crippen LogP contribution in [0.5, 0.6) is 0 Å². The van der Waals surface area contributed by atoms with E-state index < -0.39 is 17.5 Å². The summed E-state index contributed by atoms with van der Waals surface area (Å²) < 4.78 is 48.1. The van der Waals surface area contributed by atoms with E-state index in [1.807, 2.05) is 11.4 Å². The predicted octanol–water partition coefficient (Wildman–Crippen LogP) is 5.17. The molecule has 0 spiro atoms. The fraction of sp³-hybridized carbons (Fsp3) is 0.154. The molecule has 1 amide bonds. The highest BCUT2D eigenvalue weighted by atomic mass is 32.1. The van der Waals surface area contributed by atoms with Crippen LogP contribution in [0.15, 0.2) is 54.7 Å². The van der Waals surface area contributed by atoms with Gasteiger partial charge >= 0.3 is 0 Å². The predicted molar refractivity (Wildman–Crippen MR) is 134 cm³/mol. The zero-order valence-corrected chi connectivity index (χ0v) is 20.4. The van der Waals surface area contributed by atoms with Gasteiger partial charge in [-0.25, -0.2) is 18.2 Å². The minimum atomic E-state index is -1.03. The summed E-state index contributed by atoms with van der Waals surface area (Å²) in [4.78, 5) is 18.7. The Morgan fingerprint density at radius 3 is 2.59 bits per heavy atom. The van der Waals surface area contributed by atoms with Crippen LogP contribution in [0.2, 0.25) is 0 Å². The van der Waals surface area contributed by atoms with Crippen molar-refractivity contribution in [2.75, 3.05) is 6.54 Å². The molecule has 6 rings (SSSR count). The number of benzene rings is 1. The van der Waals surface area contributed by atoms with Gasteiger partial charge in [0.2, 0.25) is 5.91 Å². The third-order valence-corrected chi connectivity index (χ3v) is 7.30. The van der Waals surface area contributed by atoms with Crippen molar-refractivity contribution in [3.8, 4) is 33.8 Å². The standard InChI is InChI=1S/C26H19F3N6OS/c1-3-21(36)34-5-6-35-16(13-34)10-20(32-35)25-23(22-18(28)8-15(27)9-19(22)29)26-17(4-7-37-26)24(31-25)14-11-30-33(2)12-14/h3-4,7-12H,1,5-6,13H2,2H3. The van der Waals surface area contributed by atoms with Crippen molar-refractivity contribution in [3.63, 3.8) is 0 Å². The van der Waals surface area contributed by atoms with Crippen LogP contribution in [0.4, 0.5) is 13.2 Å². The van der Waals surface area contributed by atoms with Crippen molar-refractivity contribution in [1.29, 1.82) is 0 Å². The smallest absolute Gasteiger partial charge is 0.246 e. The van der Waals surface area contributed by atoms with Crippen LogP contribution in [0.25, 0.3) is 43.9 Å². The van der Waals surface area contributed by atoms with Crippen LogP contribution in [0, 0.1) is 17.5 Å². The first-order valence-electron chi connectivity index (χ1n) is 11.4. The van der Waals surface area contributed by atoms with Crippen LogP contribution in [0.3, 0.4) is 0 Å². The average Bonchev–Trinajstić information content (AvgIpc) is 3.61. The minimum Gasteiger partial charge on any atom is -0.331 e. The molecule has 0 fully saturated rings. The zero-order valence-electron chi connectivity index (χ0n) is 19.6. The number of pyridine rings is 1. The second-order valence-corrected chi connectivity index (χ2v) is 9.62. The molecule has 0 saturated carbocycles. The maximum absolute atomic E-state index is 15.2. The lowest BCUT2D eigenvalue weighted by atomic mass is 9.97. The summed E-state index contributed by atoms with van der Waals surface area (Å²) in [5.74, 6) is -3.26. The number of aromatic nitrogens is 5. The number of nitrogens with zero attached hydrogens (tertiary/aromatic N) is 6. The Hall–Kier alpha value is -4.25. The largest absolute Gasteiger partial charge is 0.331 e. The highest BCUT2D eigenvalue weighted by molar-refractivity contribution is 7.18. The van der Waals surface area contributed by atoms with Crippen molar-refractivity contribution in [1.82, 2.24) is 29.4 Å². The van der Waals surface area contributed by atoms with E-state index in [4.69, 9.17) is 10.1 Å². The Morgan fingerprint density at radius 1 is 1.11 bits per heavy atom. The quantitative estimate of drug-likeness (QED) is 0.307. The van der Waals surface area contributed by atoms with E-state index in [9.17, 15) is 9.18 Å². The molecule has 37 heavy (non-hydrogen) atoms. The van der Waals surface area contributed by atoms with E-state index in [1.165, 1.54) is 17.4 Å². The molecule has 0 N–H and O–H groups in total. The first-order valence-corrected chi connectivity index (χ1v) is 12.3. The SMILES string of the molecule is C=CC(=O)N1CCn2nc(-c3nc(-c4cnn(C)c4)c4ccsc4c3-c3c(F)cc(F)cc3F)cc2C1. The van der Waals surface area contributed by atoms with Crippen molar-refractivity contribution in [2.24, 2.45) is 7.05 Å². The van der Waals surface area contributed by atoms with Crippen molar-refractivity contribution in [3.05, 3.63) is 77.8 Å². The number of carbonyl (C=O) groups is 1. The fourth-order valence-electron chi connectivity index (χ4n) is 4.69. The minimum absolute atomic E-state index is 0.192. The first-order chi connectivity index (χ1) is 17.8. The highest BCUT2D eigenvalue weighted by Gasteiger charge is 2.28. The van der Waals surface area contributed by atoms with Gasteiger partial charge in [0.25, 0.3) is 0 Å². The molecule has 0 bridgehead atoms. The van der Waals surface area contributed by atoms with Crippen LogP contribution in [-0.4, -0.2) is 41.9 Å². The van der Waals surface area contributed by atoms with Crippen molar-refractivity contribution < 1.29 is 18.0 Å². The summed E-state index contributed by atoms with van der Waals surface area (Å²) in [6, 6.07) is 4.92. The molecule has 0 saturated heterocycles. The number of fused-ring (bicyclic) bond motifs is 2. The van der Waals surface area contributed by atoms with Crippen LogP contribution in [0.1, 0.15) is 5.69 Å². The van der Waals surface area contributed by atoms with Gasteiger partial charge in [0.1, 0.15) is 28.8 Å². The van der Waals surface area contributed by atoms with Gasteiger partial charge in [-0.2, -0.15) is 10.2 Å². The first kappa shape index (κ1) is 23.2. The van der Waals surface area contributed by atoms with E-state index in [2.05, 4.69) is 11.7 Å². The Morgan fingerprint density at radius 2 is 1.89 bits per heavy atom. The van der Waals surface area contributed by atoms with Crippen LogP contribution in [-0.2, 0) is 24.9 Å². The lowest BCUT2D eigenvalue weighted by Gasteiger charge is -2.26. The monoisotopic (exact) mass is 520 g/mol. The topological polar surface area (TPSA) is 68.8 Å². The number of halogens is 3. The molecule has 4 aromatic heterocycles. The van der Waals surface area contributed by atoms with Gasteiger partial charge in [0, 0.05) is 53.1 Å². The second-order valence-electron chi connectivity index (χ2n) is 8.70. The van der Waals surface area contributed by atoms with E-state index in [0.29, 0.717) is 53.2 Å². The molecule has 186 valence electrons. The third-order valence-electron chi connectivity index (χ3n) is 6.37. The third kappa shape index (κ3) is 3.82. The van der Waals surface area contributed by atoms with Gasteiger partial charge in [-0.3, -0.25) is 14.2 Å². The average molecular weight is 521 g/mol. The van der Waals surface area contributed by atoms with Gasteiger partial charge in [-0.05, 0) is 23.6 Å². The maximum atomic E-state index is 15.2. The molecule has 0 radical (unpaired) electrons. The molecule has 5 heterocycles. The molecule has 11 heteroatoms. The molecule has 7 nitrogen and oxygen atoms in total. The number of rotatable bonds is 4. The van der Waals surface area contributed by atoms with Gasteiger partial charge in [-0.1, -0.05) is 6.58 Å². The normalized spacial score (nSPS) is 13.2. The van der Waals surface area contributed by atoms with Gasteiger partial charge < -0.3 is 4.90 Å². The van der Waals surface area contributed by atoms with E-state index in [1.54, 1.807) is 39.8 Å². The number of hydrogen-bond acceptors (Lipinski definition) is 5. The van der Waals surface area contributed by atoms with Crippen molar-refractivity contribution >= 4 is 27.3 Å². The molecule has 0 unspecified atom stereocenters. The fourth-order valence-corrected chi connectivity index (χ4v) is 5.63. The van der Waals surface area contributed by atoms with E-state index >= 15 is 8.78 Å². The van der Waals surface area contributed by atoms with E-state index in [-0.39, 0.29) is 22.7 Å². The summed E-state index contributed by atoms with van der Waals surface area (Å²) in [6.07, 6.45) is 4.73. The van der Waals surface area contributed by atoms with Gasteiger partial charge in [0.05, 0.1) is 36.2 Å². The Bertz CT molecular complexity index is 1700. The van der Waals surface area contributed by atoms with Crippen molar-refractivity contribution in [2.45, 2.75) is 13.1 Å². The molecular formula is C26H19F3N6OS. The summed E-state index contributed by atoms with van der Waals surface area (Å²) in [5, 5.41) is 11.4. The van der Waals surface area contributed by atoms with Gasteiger partial charge in [-0.15, -0.1) is 11.3 Å². The molecule has 1 aliphatic heterocycles. The zero-order chi connectivity index (χ0) is 25.8. The molecule has 0 atom stereocenters. The highest BCUT2D eigenvalue weighted by Crippen LogP contribution is 2.44. The second kappa shape index (κ2) is 8.70. The Kier molecular flexibility index (Phi) is 5.45. The molecular weight excluding hydrogens is 501 g/mol. The number of thiophene rings is 1. The summed E-state index contributed by atoms with van der Waals surface area (Å²) >= 11 is 1.30. The molecule has 1 aromatic carbocycles. The number of carbonyl (C=O) groups excluding carboxylic acids is 1. The Balaban J connectivity index is 1.63. The van der Waals surface area contributed by atoms with Gasteiger partial charge in [0.15, 0.2) is 0 Å². The summed E-state index contributed by atoms with van der Waals surface area (Å²) in [5.41, 5.74) is 2.53. The number of amides is 1. The maximum Gasteiger partial charge on any atom is 0.246 e. The Labute approximate surface area is 213 Å². The number of aryl methyl sites for hydroxylation is 1. The molecule has 5 aromatic rings. The molecule has 1 aliphatic rings.